The van der Waals surface area contributed by atoms with Gasteiger partial charge < -0.3 is 5.32 Å². The number of benzene rings is 1. The minimum absolute atomic E-state index is 0.0726. The van der Waals surface area contributed by atoms with Crippen LogP contribution >= 0.6 is 11.8 Å². The maximum Gasteiger partial charge on any atom is 0.252 e. The predicted molar refractivity (Wildman–Crippen MR) is 109 cm³/mol. The van der Waals surface area contributed by atoms with Crippen LogP contribution in [0, 0.1) is 20.8 Å². The minimum Gasteiger partial charge on any atom is -0.355 e. The second-order valence-corrected chi connectivity index (χ2v) is 7.73. The van der Waals surface area contributed by atoms with Gasteiger partial charge in [-0.15, -0.1) is 0 Å². The van der Waals surface area contributed by atoms with E-state index in [1.165, 1.54) is 17.5 Å². The van der Waals surface area contributed by atoms with E-state index in [0.29, 0.717) is 25.2 Å². The molecular formula is C20H25N5OS. The van der Waals surface area contributed by atoms with Crippen molar-refractivity contribution >= 4 is 23.4 Å². The number of rotatable bonds is 8. The van der Waals surface area contributed by atoms with Crippen LogP contribution in [0.5, 0.6) is 0 Å². The Morgan fingerprint density at radius 2 is 1.96 bits per heavy atom. The van der Waals surface area contributed by atoms with Gasteiger partial charge >= 0.3 is 0 Å². The Labute approximate surface area is 163 Å². The van der Waals surface area contributed by atoms with E-state index in [4.69, 9.17) is 0 Å². The number of aryl methyl sites for hydroxylation is 3. The highest BCUT2D eigenvalue weighted by molar-refractivity contribution is 7.98. The lowest BCUT2D eigenvalue weighted by Crippen LogP contribution is -2.26. The molecule has 0 saturated carbocycles. The molecule has 0 spiro atoms. The first kappa shape index (κ1) is 19.4. The summed E-state index contributed by atoms with van der Waals surface area (Å²) in [5.74, 6) is 2.55. The average molecular weight is 384 g/mol. The van der Waals surface area contributed by atoms with Crippen LogP contribution in [0.15, 0.2) is 30.6 Å². The van der Waals surface area contributed by atoms with E-state index < -0.39 is 0 Å². The standard InChI is InChI=1S/C20H25N5OS/c1-14-4-6-17(7-5-14)12-27-11-10-21-19(26)9-8-18-15(2)24-20-22-13-23-25(20)16(18)3/h4-7,13H,8-12H2,1-3H3,(H,21,26). The molecule has 0 aliphatic rings. The van der Waals surface area contributed by atoms with Gasteiger partial charge in [0.15, 0.2) is 0 Å². The molecule has 1 amide bonds. The number of aromatic nitrogens is 4. The van der Waals surface area contributed by atoms with Crippen molar-refractivity contribution in [2.24, 2.45) is 0 Å². The summed E-state index contributed by atoms with van der Waals surface area (Å²) >= 11 is 1.83. The summed E-state index contributed by atoms with van der Waals surface area (Å²) in [5.41, 5.74) is 5.57. The van der Waals surface area contributed by atoms with Crippen LogP contribution < -0.4 is 5.32 Å². The number of hydrogen-bond acceptors (Lipinski definition) is 5. The Kier molecular flexibility index (Phi) is 6.45. The number of fused-ring (bicyclic) bond motifs is 1. The fourth-order valence-electron chi connectivity index (χ4n) is 2.98. The molecule has 0 bridgehead atoms. The van der Waals surface area contributed by atoms with Crippen molar-refractivity contribution in [1.29, 1.82) is 0 Å². The molecule has 142 valence electrons. The number of hydrogen-bond donors (Lipinski definition) is 1. The SMILES string of the molecule is Cc1ccc(CSCCNC(=O)CCc2c(C)nc3ncnn3c2C)cc1. The van der Waals surface area contributed by atoms with E-state index in [1.54, 1.807) is 4.52 Å². The Hall–Kier alpha value is -2.41. The van der Waals surface area contributed by atoms with Crippen molar-refractivity contribution in [2.45, 2.75) is 39.4 Å². The van der Waals surface area contributed by atoms with E-state index in [-0.39, 0.29) is 5.91 Å². The predicted octanol–water partition coefficient (Wildman–Crippen LogP) is 3.03. The summed E-state index contributed by atoms with van der Waals surface area (Å²) in [7, 11) is 0. The molecule has 2 aromatic heterocycles. The molecule has 0 unspecified atom stereocenters. The molecule has 0 aliphatic carbocycles. The summed E-state index contributed by atoms with van der Waals surface area (Å²) in [6.45, 7) is 6.73. The number of nitrogens with zero attached hydrogens (tertiary/aromatic N) is 4. The van der Waals surface area contributed by atoms with Gasteiger partial charge in [0.2, 0.25) is 5.91 Å². The molecule has 0 fully saturated rings. The number of thioether (sulfide) groups is 1. The lowest BCUT2D eigenvalue weighted by atomic mass is 10.1. The largest absolute Gasteiger partial charge is 0.355 e. The van der Waals surface area contributed by atoms with E-state index in [0.717, 1.165) is 28.5 Å². The second kappa shape index (κ2) is 8.99. The average Bonchev–Trinajstić information content (AvgIpc) is 3.11. The highest BCUT2D eigenvalue weighted by atomic mass is 32.2. The first-order valence-corrected chi connectivity index (χ1v) is 10.3. The van der Waals surface area contributed by atoms with Crippen LogP contribution in [0.2, 0.25) is 0 Å². The third-order valence-electron chi connectivity index (χ3n) is 4.55. The van der Waals surface area contributed by atoms with Crippen LogP contribution in [0.4, 0.5) is 0 Å². The van der Waals surface area contributed by atoms with Crippen molar-refractivity contribution in [2.75, 3.05) is 12.3 Å². The Balaban J connectivity index is 1.40. The van der Waals surface area contributed by atoms with Crippen LogP contribution in [0.3, 0.4) is 0 Å². The fraction of sp³-hybridized carbons (Fsp3) is 0.400. The van der Waals surface area contributed by atoms with Gasteiger partial charge in [0.25, 0.3) is 5.78 Å². The van der Waals surface area contributed by atoms with Gasteiger partial charge in [-0.2, -0.15) is 21.8 Å². The van der Waals surface area contributed by atoms with Gasteiger partial charge in [0.05, 0.1) is 0 Å². The summed E-state index contributed by atoms with van der Waals surface area (Å²) in [4.78, 5) is 20.7. The molecule has 3 aromatic rings. The van der Waals surface area contributed by atoms with Gasteiger partial charge in [-0.1, -0.05) is 29.8 Å². The molecule has 0 aliphatic heterocycles. The van der Waals surface area contributed by atoms with E-state index in [1.807, 2.05) is 25.6 Å². The molecule has 1 N–H and O–H groups in total. The van der Waals surface area contributed by atoms with Gasteiger partial charge in [0.1, 0.15) is 6.33 Å². The number of carbonyl (C=O) groups excluding carboxylic acids is 1. The van der Waals surface area contributed by atoms with Crippen molar-refractivity contribution in [3.63, 3.8) is 0 Å². The van der Waals surface area contributed by atoms with E-state index >= 15 is 0 Å². The minimum atomic E-state index is 0.0726. The smallest absolute Gasteiger partial charge is 0.252 e. The monoisotopic (exact) mass is 383 g/mol. The first-order valence-electron chi connectivity index (χ1n) is 9.10. The Bertz CT molecular complexity index is 920. The highest BCUT2D eigenvalue weighted by Gasteiger charge is 2.12. The topological polar surface area (TPSA) is 72.2 Å². The van der Waals surface area contributed by atoms with Crippen LogP contribution in [-0.2, 0) is 17.0 Å². The molecule has 0 radical (unpaired) electrons. The highest BCUT2D eigenvalue weighted by Crippen LogP contribution is 2.15. The third-order valence-corrected chi connectivity index (χ3v) is 5.58. The summed E-state index contributed by atoms with van der Waals surface area (Å²) in [6.07, 6.45) is 2.61. The van der Waals surface area contributed by atoms with Gasteiger partial charge in [-0.05, 0) is 38.3 Å². The lowest BCUT2D eigenvalue weighted by molar-refractivity contribution is -0.120. The quantitative estimate of drug-likeness (QED) is 0.605. The van der Waals surface area contributed by atoms with Crippen molar-refractivity contribution in [3.8, 4) is 0 Å². The molecule has 6 nitrogen and oxygen atoms in total. The maximum atomic E-state index is 12.1. The van der Waals surface area contributed by atoms with Crippen molar-refractivity contribution < 1.29 is 4.79 Å². The van der Waals surface area contributed by atoms with E-state index in [9.17, 15) is 4.79 Å². The van der Waals surface area contributed by atoms with Crippen molar-refractivity contribution in [1.82, 2.24) is 24.9 Å². The molecule has 0 atom stereocenters. The molecule has 0 saturated heterocycles. The summed E-state index contributed by atoms with van der Waals surface area (Å²) in [6, 6.07) is 8.58. The van der Waals surface area contributed by atoms with E-state index in [2.05, 4.69) is 51.6 Å². The zero-order chi connectivity index (χ0) is 19.2. The molecular weight excluding hydrogens is 358 g/mol. The Morgan fingerprint density at radius 1 is 1.19 bits per heavy atom. The lowest BCUT2D eigenvalue weighted by Gasteiger charge is -2.10. The normalized spacial score (nSPS) is 11.1. The number of carbonyl (C=O) groups is 1. The Morgan fingerprint density at radius 3 is 2.74 bits per heavy atom. The molecule has 1 aromatic carbocycles. The second-order valence-electron chi connectivity index (χ2n) is 6.62. The van der Waals surface area contributed by atoms with Crippen LogP contribution in [-0.4, -0.2) is 37.8 Å². The zero-order valence-electron chi connectivity index (χ0n) is 16.0. The number of amides is 1. The summed E-state index contributed by atoms with van der Waals surface area (Å²) in [5, 5.41) is 7.19. The van der Waals surface area contributed by atoms with Gasteiger partial charge in [-0.25, -0.2) is 9.50 Å². The van der Waals surface area contributed by atoms with Crippen LogP contribution in [0.1, 0.15) is 34.5 Å². The fourth-order valence-corrected chi connectivity index (χ4v) is 3.80. The molecule has 27 heavy (non-hydrogen) atoms. The first-order chi connectivity index (χ1) is 13.0. The van der Waals surface area contributed by atoms with Crippen molar-refractivity contribution in [3.05, 3.63) is 58.7 Å². The number of nitrogens with one attached hydrogen (secondary N) is 1. The molecule has 3 rings (SSSR count). The zero-order valence-corrected chi connectivity index (χ0v) is 16.8. The van der Waals surface area contributed by atoms with Gasteiger partial charge in [-0.3, -0.25) is 4.79 Å². The molecule has 2 heterocycles. The maximum absolute atomic E-state index is 12.1. The van der Waals surface area contributed by atoms with Crippen LogP contribution in [0.25, 0.3) is 5.78 Å². The third kappa shape index (κ3) is 5.07. The molecule has 7 heteroatoms. The summed E-state index contributed by atoms with van der Waals surface area (Å²) < 4.78 is 1.72. The van der Waals surface area contributed by atoms with Gasteiger partial charge in [0, 0.05) is 35.9 Å².